The SMILES string of the molecule is CCC(O)C(=O)[O-].O=C([O-])CO. The number of aliphatic hydroxyl groups excluding tert-OH is 2. The first kappa shape index (κ1) is 13.4. The Morgan fingerprint density at radius 2 is 1.75 bits per heavy atom. The van der Waals surface area contributed by atoms with Crippen LogP contribution in [0.1, 0.15) is 13.3 Å². The van der Waals surface area contributed by atoms with Crippen molar-refractivity contribution >= 4 is 11.9 Å². The summed E-state index contributed by atoms with van der Waals surface area (Å²) in [6, 6.07) is 0. The molecule has 0 saturated heterocycles. The molecule has 0 radical (unpaired) electrons. The molecule has 0 aromatic carbocycles. The van der Waals surface area contributed by atoms with E-state index in [1.165, 1.54) is 0 Å². The van der Waals surface area contributed by atoms with Crippen LogP contribution in [-0.4, -0.2) is 34.9 Å². The van der Waals surface area contributed by atoms with Gasteiger partial charge in [-0.05, 0) is 6.42 Å². The van der Waals surface area contributed by atoms with Gasteiger partial charge >= 0.3 is 0 Å². The highest BCUT2D eigenvalue weighted by Crippen LogP contribution is 1.83. The zero-order chi connectivity index (χ0) is 10.1. The minimum atomic E-state index is -1.44. The molecule has 0 aliphatic heterocycles. The highest BCUT2D eigenvalue weighted by Gasteiger charge is 1.96. The maximum Gasteiger partial charge on any atom is 0.0931 e. The van der Waals surface area contributed by atoms with E-state index in [2.05, 4.69) is 0 Å². The van der Waals surface area contributed by atoms with Crippen LogP contribution in [0, 0.1) is 0 Å². The van der Waals surface area contributed by atoms with E-state index in [9.17, 15) is 9.90 Å². The van der Waals surface area contributed by atoms with Crippen molar-refractivity contribution in [3.8, 4) is 0 Å². The van der Waals surface area contributed by atoms with Crippen LogP contribution in [0.15, 0.2) is 0 Å². The Kier molecular flexibility index (Phi) is 8.92. The van der Waals surface area contributed by atoms with Crippen molar-refractivity contribution in [2.45, 2.75) is 19.4 Å². The van der Waals surface area contributed by atoms with E-state index in [-0.39, 0.29) is 6.42 Å². The molecule has 0 aliphatic rings. The summed E-state index contributed by atoms with van der Waals surface area (Å²) in [4.78, 5) is 18.6. The third-order valence-corrected chi connectivity index (χ3v) is 0.788. The number of hydrogen-bond acceptors (Lipinski definition) is 6. The van der Waals surface area contributed by atoms with Gasteiger partial charge in [0.15, 0.2) is 0 Å². The van der Waals surface area contributed by atoms with Crippen LogP contribution in [0.25, 0.3) is 0 Å². The summed E-state index contributed by atoms with van der Waals surface area (Å²) >= 11 is 0. The molecule has 0 fully saturated rings. The van der Waals surface area contributed by atoms with Gasteiger partial charge in [0.2, 0.25) is 0 Å². The molecule has 0 rings (SSSR count). The first-order chi connectivity index (χ1) is 5.45. The maximum atomic E-state index is 9.57. The first-order valence-corrected chi connectivity index (χ1v) is 3.15. The van der Waals surface area contributed by atoms with Crippen LogP contribution < -0.4 is 10.2 Å². The van der Waals surface area contributed by atoms with Crippen molar-refractivity contribution in [1.82, 2.24) is 0 Å². The van der Waals surface area contributed by atoms with Crippen molar-refractivity contribution in [2.75, 3.05) is 6.61 Å². The van der Waals surface area contributed by atoms with Gasteiger partial charge in [0.05, 0.1) is 24.6 Å². The number of aliphatic hydroxyl groups is 2. The molecular weight excluding hydrogens is 168 g/mol. The molecule has 0 amide bonds. The van der Waals surface area contributed by atoms with E-state index in [1.807, 2.05) is 0 Å². The van der Waals surface area contributed by atoms with E-state index in [0.29, 0.717) is 0 Å². The lowest BCUT2D eigenvalue weighted by atomic mass is 10.3. The average molecular weight is 178 g/mol. The molecule has 6 nitrogen and oxygen atoms in total. The minimum absolute atomic E-state index is 0.211. The Morgan fingerprint density at radius 3 is 1.75 bits per heavy atom. The maximum absolute atomic E-state index is 9.57. The summed E-state index contributed by atoms with van der Waals surface area (Å²) in [5.74, 6) is -2.84. The van der Waals surface area contributed by atoms with E-state index in [1.54, 1.807) is 6.92 Å². The van der Waals surface area contributed by atoms with Gasteiger partial charge in [-0.1, -0.05) is 6.92 Å². The third-order valence-electron chi connectivity index (χ3n) is 0.788. The van der Waals surface area contributed by atoms with E-state index < -0.39 is 24.6 Å². The van der Waals surface area contributed by atoms with Crippen molar-refractivity contribution in [3.63, 3.8) is 0 Å². The molecule has 6 heteroatoms. The molecule has 0 bridgehead atoms. The third kappa shape index (κ3) is 11.6. The highest BCUT2D eigenvalue weighted by molar-refractivity contribution is 5.69. The minimum Gasteiger partial charge on any atom is -0.548 e. The summed E-state index contributed by atoms with van der Waals surface area (Å²) in [5.41, 5.74) is 0. The predicted molar refractivity (Wildman–Crippen MR) is 33.4 cm³/mol. The molecule has 1 atom stereocenters. The second-order valence-electron chi connectivity index (χ2n) is 1.77. The van der Waals surface area contributed by atoms with Crippen LogP contribution in [-0.2, 0) is 9.59 Å². The number of rotatable bonds is 3. The Morgan fingerprint density at radius 1 is 1.42 bits per heavy atom. The van der Waals surface area contributed by atoms with Gasteiger partial charge in [-0.2, -0.15) is 0 Å². The summed E-state index contributed by atoms with van der Waals surface area (Å²) in [5, 5.41) is 34.3. The molecular formula is C6H10O6-2. The largest absolute Gasteiger partial charge is 0.548 e. The normalized spacial score (nSPS) is 10.9. The summed E-state index contributed by atoms with van der Waals surface area (Å²) in [6.07, 6.45) is -1.08. The molecule has 0 aromatic heterocycles. The van der Waals surface area contributed by atoms with E-state index in [0.717, 1.165) is 0 Å². The van der Waals surface area contributed by atoms with Crippen LogP contribution >= 0.6 is 0 Å². The number of carbonyl (C=O) groups is 2. The van der Waals surface area contributed by atoms with Gasteiger partial charge in [0, 0.05) is 0 Å². The van der Waals surface area contributed by atoms with Crippen molar-refractivity contribution < 1.29 is 30.0 Å². The second-order valence-corrected chi connectivity index (χ2v) is 1.77. The fourth-order valence-corrected chi connectivity index (χ4v) is 0.167. The Balaban J connectivity index is 0. The standard InChI is InChI=1S/C4H8O3.C2H4O3/c1-2-3(5)4(6)7;3-1-2(4)5/h3,5H,2H2,1H3,(H,6,7);3H,1H2,(H,4,5)/p-2. The molecule has 12 heavy (non-hydrogen) atoms. The van der Waals surface area contributed by atoms with E-state index in [4.69, 9.17) is 20.1 Å². The van der Waals surface area contributed by atoms with Gasteiger partial charge in [-0.25, -0.2) is 0 Å². The van der Waals surface area contributed by atoms with Gasteiger partial charge in [-0.3, -0.25) is 0 Å². The number of carbonyl (C=O) groups excluding carboxylic acids is 2. The van der Waals surface area contributed by atoms with Crippen molar-refractivity contribution in [3.05, 3.63) is 0 Å². The molecule has 0 saturated carbocycles. The predicted octanol–water partition coefficient (Wildman–Crippen LogP) is -3.76. The van der Waals surface area contributed by atoms with Crippen LogP contribution in [0.4, 0.5) is 0 Å². The Hall–Kier alpha value is -1.14. The van der Waals surface area contributed by atoms with Gasteiger partial charge in [0.1, 0.15) is 0 Å². The quantitative estimate of drug-likeness (QED) is 0.457. The average Bonchev–Trinajstić information content (AvgIpc) is 2.04. The molecule has 0 heterocycles. The molecule has 72 valence electrons. The summed E-state index contributed by atoms with van der Waals surface area (Å²) < 4.78 is 0. The summed E-state index contributed by atoms with van der Waals surface area (Å²) in [6.45, 7) is 0.681. The zero-order valence-corrected chi connectivity index (χ0v) is 6.52. The van der Waals surface area contributed by atoms with E-state index >= 15 is 0 Å². The van der Waals surface area contributed by atoms with Crippen molar-refractivity contribution in [2.24, 2.45) is 0 Å². The molecule has 2 N–H and O–H groups in total. The topological polar surface area (TPSA) is 121 Å². The van der Waals surface area contributed by atoms with Gasteiger partial charge in [0.25, 0.3) is 0 Å². The molecule has 1 unspecified atom stereocenters. The van der Waals surface area contributed by atoms with Crippen LogP contribution in [0.5, 0.6) is 0 Å². The van der Waals surface area contributed by atoms with Gasteiger partial charge < -0.3 is 30.0 Å². The smallest absolute Gasteiger partial charge is 0.0931 e. The lowest BCUT2D eigenvalue weighted by Crippen LogP contribution is -2.34. The van der Waals surface area contributed by atoms with Crippen LogP contribution in [0.3, 0.4) is 0 Å². The molecule has 0 aromatic rings. The number of carboxylic acids is 2. The highest BCUT2D eigenvalue weighted by atomic mass is 16.4. The fraction of sp³-hybridized carbons (Fsp3) is 0.667. The molecule has 0 spiro atoms. The first-order valence-electron chi connectivity index (χ1n) is 3.15. The second kappa shape index (κ2) is 7.96. The lowest BCUT2D eigenvalue weighted by molar-refractivity contribution is -0.315. The summed E-state index contributed by atoms with van der Waals surface area (Å²) in [7, 11) is 0. The fourth-order valence-electron chi connectivity index (χ4n) is 0.167. The van der Waals surface area contributed by atoms with Crippen molar-refractivity contribution in [1.29, 1.82) is 0 Å². The lowest BCUT2D eigenvalue weighted by Gasteiger charge is -2.05. The van der Waals surface area contributed by atoms with Crippen LogP contribution in [0.2, 0.25) is 0 Å². The van der Waals surface area contributed by atoms with Gasteiger partial charge in [-0.15, -0.1) is 0 Å². The Labute approximate surface area is 69.1 Å². The zero-order valence-electron chi connectivity index (χ0n) is 6.52. The molecule has 0 aliphatic carbocycles. The number of aliphatic carboxylic acids is 2. The number of hydrogen-bond donors (Lipinski definition) is 2. The number of carboxylic acid groups (broad SMARTS) is 2. The monoisotopic (exact) mass is 178 g/mol. The Bertz CT molecular complexity index is 143.